The fourth-order valence-electron chi connectivity index (χ4n) is 2.27. The van der Waals surface area contributed by atoms with Gasteiger partial charge in [0, 0.05) is 25.4 Å². The van der Waals surface area contributed by atoms with Gasteiger partial charge in [0.15, 0.2) is 0 Å². The Kier molecular flexibility index (Phi) is 7.10. The summed E-state index contributed by atoms with van der Waals surface area (Å²) in [6, 6.07) is 0.382. The van der Waals surface area contributed by atoms with Crippen molar-refractivity contribution in [1.29, 1.82) is 0 Å². The number of hydrogen-bond donors (Lipinski definition) is 1. The van der Waals surface area contributed by atoms with E-state index >= 15 is 0 Å². The van der Waals surface area contributed by atoms with E-state index in [2.05, 4.69) is 38.1 Å². The van der Waals surface area contributed by atoms with Crippen molar-refractivity contribution in [2.75, 3.05) is 19.8 Å². The minimum Gasteiger partial charge on any atom is -0.380 e. The van der Waals surface area contributed by atoms with E-state index in [0.29, 0.717) is 6.04 Å². The second-order valence-electron chi connectivity index (χ2n) is 5.20. The zero-order valence-corrected chi connectivity index (χ0v) is 13.1. The van der Waals surface area contributed by atoms with E-state index in [1.807, 2.05) is 11.7 Å². The van der Waals surface area contributed by atoms with Crippen LogP contribution in [0.4, 0.5) is 0 Å². The second kappa shape index (κ2) is 8.33. The van der Waals surface area contributed by atoms with E-state index in [4.69, 9.17) is 4.74 Å². The molecule has 4 heteroatoms. The van der Waals surface area contributed by atoms with Crippen molar-refractivity contribution in [2.45, 2.75) is 53.0 Å². The van der Waals surface area contributed by atoms with Crippen molar-refractivity contribution in [1.82, 2.24) is 15.1 Å². The molecule has 0 saturated heterocycles. The molecule has 0 aliphatic heterocycles. The summed E-state index contributed by atoms with van der Waals surface area (Å²) in [5.74, 6) is 0. The van der Waals surface area contributed by atoms with Crippen LogP contribution in [-0.4, -0.2) is 35.6 Å². The van der Waals surface area contributed by atoms with E-state index in [-0.39, 0.29) is 0 Å². The molecule has 0 saturated carbocycles. The Hall–Kier alpha value is -0.870. The van der Waals surface area contributed by atoms with Crippen LogP contribution < -0.4 is 5.32 Å². The number of aromatic nitrogens is 2. The Morgan fingerprint density at radius 3 is 2.53 bits per heavy atom. The van der Waals surface area contributed by atoms with Crippen molar-refractivity contribution in [3.05, 3.63) is 17.0 Å². The van der Waals surface area contributed by atoms with Gasteiger partial charge in [-0.1, -0.05) is 13.8 Å². The first-order valence-corrected chi connectivity index (χ1v) is 7.40. The number of rotatable bonds is 9. The highest BCUT2D eigenvalue weighted by atomic mass is 16.5. The number of hydrogen-bond acceptors (Lipinski definition) is 3. The Morgan fingerprint density at radius 1 is 1.26 bits per heavy atom. The highest BCUT2D eigenvalue weighted by Gasteiger charge is 2.15. The minimum atomic E-state index is 0.382. The van der Waals surface area contributed by atoms with Crippen molar-refractivity contribution in [3.8, 4) is 0 Å². The van der Waals surface area contributed by atoms with Crippen LogP contribution >= 0.6 is 0 Å². The first-order valence-electron chi connectivity index (χ1n) is 7.40. The maximum Gasteiger partial charge on any atom is 0.0628 e. The highest BCUT2D eigenvalue weighted by molar-refractivity contribution is 5.25. The molecule has 0 aromatic carbocycles. The lowest BCUT2D eigenvalue weighted by Gasteiger charge is -2.19. The molecular weight excluding hydrogens is 238 g/mol. The maximum atomic E-state index is 5.71. The molecule has 0 aliphatic carbocycles. The van der Waals surface area contributed by atoms with Gasteiger partial charge in [0.25, 0.3) is 0 Å². The van der Waals surface area contributed by atoms with Gasteiger partial charge >= 0.3 is 0 Å². The molecule has 19 heavy (non-hydrogen) atoms. The molecule has 1 unspecified atom stereocenters. The molecule has 0 spiro atoms. The van der Waals surface area contributed by atoms with E-state index in [9.17, 15) is 0 Å². The van der Waals surface area contributed by atoms with Crippen LogP contribution in [-0.2, 0) is 18.2 Å². The lowest BCUT2D eigenvalue weighted by atomic mass is 10.0. The predicted molar refractivity (Wildman–Crippen MR) is 79.6 cm³/mol. The van der Waals surface area contributed by atoms with Crippen molar-refractivity contribution >= 4 is 0 Å². The first-order chi connectivity index (χ1) is 9.10. The summed E-state index contributed by atoms with van der Waals surface area (Å²) in [7, 11) is 2.01. The van der Waals surface area contributed by atoms with Gasteiger partial charge in [0.2, 0.25) is 0 Å². The average Bonchev–Trinajstić information content (AvgIpc) is 2.62. The largest absolute Gasteiger partial charge is 0.380 e. The van der Waals surface area contributed by atoms with Crippen LogP contribution in [0.25, 0.3) is 0 Å². The molecule has 0 amide bonds. The van der Waals surface area contributed by atoms with E-state index in [1.54, 1.807) is 0 Å². The summed E-state index contributed by atoms with van der Waals surface area (Å²) in [5, 5.41) is 8.07. The van der Waals surface area contributed by atoms with E-state index in [1.165, 1.54) is 11.3 Å². The molecule has 1 heterocycles. The molecule has 1 aromatic rings. The molecule has 0 radical (unpaired) electrons. The monoisotopic (exact) mass is 267 g/mol. The average molecular weight is 267 g/mol. The quantitative estimate of drug-likeness (QED) is 0.698. The third kappa shape index (κ3) is 4.96. The van der Waals surface area contributed by atoms with E-state index < -0.39 is 0 Å². The first kappa shape index (κ1) is 16.2. The summed E-state index contributed by atoms with van der Waals surface area (Å²) in [6.45, 7) is 11.2. The summed E-state index contributed by atoms with van der Waals surface area (Å²) in [4.78, 5) is 0. The van der Waals surface area contributed by atoms with Crippen LogP contribution in [0.3, 0.4) is 0 Å². The lowest BCUT2D eigenvalue weighted by Crippen LogP contribution is -2.36. The van der Waals surface area contributed by atoms with Crippen LogP contribution in [0.1, 0.15) is 43.6 Å². The van der Waals surface area contributed by atoms with Crippen LogP contribution in [0.2, 0.25) is 0 Å². The number of aryl methyl sites for hydroxylation is 2. The smallest absolute Gasteiger partial charge is 0.0628 e. The van der Waals surface area contributed by atoms with Gasteiger partial charge in [-0.05, 0) is 45.2 Å². The maximum absolute atomic E-state index is 5.71. The van der Waals surface area contributed by atoms with Crippen LogP contribution in [0.15, 0.2) is 0 Å². The van der Waals surface area contributed by atoms with Gasteiger partial charge in [-0.2, -0.15) is 5.10 Å². The van der Waals surface area contributed by atoms with Crippen molar-refractivity contribution < 1.29 is 4.74 Å². The molecule has 1 N–H and O–H groups in total. The number of ether oxygens (including phenoxy) is 1. The summed E-state index contributed by atoms with van der Waals surface area (Å²) in [6.07, 6.45) is 3.22. The second-order valence-corrected chi connectivity index (χ2v) is 5.20. The fraction of sp³-hybridized carbons (Fsp3) is 0.800. The SMILES string of the molecule is CCCNC(COCCC)Cc1c(C)nn(C)c1C. The zero-order chi connectivity index (χ0) is 14.3. The third-order valence-electron chi connectivity index (χ3n) is 3.46. The van der Waals surface area contributed by atoms with Gasteiger partial charge in [-0.3, -0.25) is 4.68 Å². The molecule has 0 aliphatic rings. The highest BCUT2D eigenvalue weighted by Crippen LogP contribution is 2.14. The van der Waals surface area contributed by atoms with Crippen LogP contribution in [0, 0.1) is 13.8 Å². The molecule has 1 rings (SSSR count). The summed E-state index contributed by atoms with van der Waals surface area (Å²) < 4.78 is 7.68. The standard InChI is InChI=1S/C15H29N3O/c1-6-8-16-14(11-19-9-7-2)10-15-12(3)17-18(5)13(15)4/h14,16H,6-11H2,1-5H3. The Balaban J connectivity index is 2.64. The fourth-order valence-corrected chi connectivity index (χ4v) is 2.27. The normalized spacial score (nSPS) is 12.9. The van der Waals surface area contributed by atoms with E-state index in [0.717, 1.165) is 44.7 Å². The topological polar surface area (TPSA) is 39.1 Å². The van der Waals surface area contributed by atoms with Gasteiger partial charge in [-0.15, -0.1) is 0 Å². The van der Waals surface area contributed by atoms with Gasteiger partial charge < -0.3 is 10.1 Å². The molecule has 4 nitrogen and oxygen atoms in total. The lowest BCUT2D eigenvalue weighted by molar-refractivity contribution is 0.111. The van der Waals surface area contributed by atoms with Crippen molar-refractivity contribution in [2.24, 2.45) is 7.05 Å². The molecule has 0 fully saturated rings. The molecule has 1 atom stereocenters. The van der Waals surface area contributed by atoms with Crippen LogP contribution in [0.5, 0.6) is 0 Å². The summed E-state index contributed by atoms with van der Waals surface area (Å²) in [5.41, 5.74) is 3.76. The predicted octanol–water partition coefficient (Wildman–Crippen LogP) is 2.37. The third-order valence-corrected chi connectivity index (χ3v) is 3.46. The van der Waals surface area contributed by atoms with Gasteiger partial charge in [-0.25, -0.2) is 0 Å². The van der Waals surface area contributed by atoms with Gasteiger partial charge in [0.1, 0.15) is 0 Å². The molecule has 1 aromatic heterocycles. The zero-order valence-electron chi connectivity index (χ0n) is 13.1. The minimum absolute atomic E-state index is 0.382. The van der Waals surface area contributed by atoms with Gasteiger partial charge in [0.05, 0.1) is 12.3 Å². The molecule has 0 bridgehead atoms. The number of nitrogens with one attached hydrogen (secondary N) is 1. The van der Waals surface area contributed by atoms with Crippen molar-refractivity contribution in [3.63, 3.8) is 0 Å². The Morgan fingerprint density at radius 2 is 2.00 bits per heavy atom. The molecule has 110 valence electrons. The Labute approximate surface area is 117 Å². The molecular formula is C15H29N3O. The Bertz CT molecular complexity index is 374. The number of nitrogens with zero attached hydrogens (tertiary/aromatic N) is 2. The summed E-state index contributed by atoms with van der Waals surface area (Å²) >= 11 is 0.